The number of rotatable bonds is 6. The average Bonchev–Trinajstić information content (AvgIpc) is 2.35. The first-order chi connectivity index (χ1) is 8.63. The molecule has 19 heavy (non-hydrogen) atoms. The summed E-state index contributed by atoms with van der Waals surface area (Å²) in [6.07, 6.45) is 0. The number of nitrogens with one attached hydrogen (secondary N) is 3. The molecule has 0 radical (unpaired) electrons. The van der Waals surface area contributed by atoms with Gasteiger partial charge >= 0.3 is 0 Å². The van der Waals surface area contributed by atoms with Crippen LogP contribution < -0.4 is 16.0 Å². The van der Waals surface area contributed by atoms with Crippen molar-refractivity contribution in [3.8, 4) is 0 Å². The van der Waals surface area contributed by atoms with Crippen molar-refractivity contribution in [2.24, 2.45) is 0 Å². The smallest absolute Gasteiger partial charge is 0.251 e. The van der Waals surface area contributed by atoms with E-state index >= 15 is 0 Å². The minimum atomic E-state index is -0.154. The topological polar surface area (TPSA) is 70.2 Å². The van der Waals surface area contributed by atoms with Crippen LogP contribution in [0.5, 0.6) is 0 Å². The van der Waals surface area contributed by atoms with Gasteiger partial charge in [-0.25, -0.2) is 0 Å². The molecular weight excluding hydrogens is 334 g/mol. The van der Waals surface area contributed by atoms with E-state index < -0.39 is 0 Å². The Morgan fingerprint density at radius 3 is 2.53 bits per heavy atom. The average molecular weight is 351 g/mol. The minimum Gasteiger partial charge on any atom is -0.353 e. The molecule has 0 atom stereocenters. The molecule has 1 aromatic rings. The lowest BCUT2D eigenvalue weighted by Crippen LogP contribution is -2.38. The van der Waals surface area contributed by atoms with Crippen molar-refractivity contribution in [1.29, 1.82) is 0 Å². The second kappa shape index (κ2) is 9.77. The van der Waals surface area contributed by atoms with Crippen LogP contribution in [0.2, 0.25) is 0 Å². The summed E-state index contributed by atoms with van der Waals surface area (Å²) in [6.45, 7) is 1.10. The van der Waals surface area contributed by atoms with Gasteiger partial charge in [-0.2, -0.15) is 0 Å². The molecule has 7 heteroatoms. The van der Waals surface area contributed by atoms with E-state index in [0.717, 1.165) is 4.47 Å². The van der Waals surface area contributed by atoms with Crippen molar-refractivity contribution in [3.63, 3.8) is 0 Å². The Bertz CT molecular complexity index is 429. The fourth-order valence-electron chi connectivity index (χ4n) is 1.33. The van der Waals surface area contributed by atoms with Gasteiger partial charge in [-0.3, -0.25) is 9.59 Å². The number of hydrogen-bond donors (Lipinski definition) is 3. The summed E-state index contributed by atoms with van der Waals surface area (Å²) in [6, 6.07) is 7.14. The van der Waals surface area contributed by atoms with E-state index in [-0.39, 0.29) is 30.8 Å². The fourth-order valence-corrected chi connectivity index (χ4v) is 1.73. The standard InChI is InChI=1S/C12H16BrN3O2.ClH/c1-14-8-11(17)15-5-6-16-12(18)9-3-2-4-10(13)7-9;/h2-4,7,14H,5-6,8H2,1H3,(H,15,17)(H,16,18);1H. The van der Waals surface area contributed by atoms with Gasteiger partial charge in [0.1, 0.15) is 0 Å². The highest BCUT2D eigenvalue weighted by Gasteiger charge is 2.05. The molecular formula is C12H17BrClN3O2. The van der Waals surface area contributed by atoms with E-state index in [1.54, 1.807) is 25.2 Å². The molecule has 0 aromatic heterocycles. The van der Waals surface area contributed by atoms with Crippen LogP contribution in [0, 0.1) is 0 Å². The van der Waals surface area contributed by atoms with E-state index in [4.69, 9.17) is 0 Å². The van der Waals surface area contributed by atoms with E-state index in [2.05, 4.69) is 31.9 Å². The molecule has 1 rings (SSSR count). The van der Waals surface area contributed by atoms with Crippen LogP contribution in [0.4, 0.5) is 0 Å². The van der Waals surface area contributed by atoms with Crippen molar-refractivity contribution >= 4 is 40.2 Å². The molecule has 0 unspecified atom stereocenters. The quantitative estimate of drug-likeness (QED) is 0.669. The summed E-state index contributed by atoms with van der Waals surface area (Å²) >= 11 is 3.30. The summed E-state index contributed by atoms with van der Waals surface area (Å²) in [5.41, 5.74) is 0.589. The van der Waals surface area contributed by atoms with Crippen molar-refractivity contribution in [2.45, 2.75) is 0 Å². The third-order valence-electron chi connectivity index (χ3n) is 2.16. The van der Waals surface area contributed by atoms with Gasteiger partial charge < -0.3 is 16.0 Å². The first-order valence-electron chi connectivity index (χ1n) is 5.58. The highest BCUT2D eigenvalue weighted by molar-refractivity contribution is 9.10. The molecule has 0 aliphatic rings. The van der Waals surface area contributed by atoms with Crippen LogP contribution in [-0.4, -0.2) is 38.5 Å². The zero-order valence-electron chi connectivity index (χ0n) is 10.5. The van der Waals surface area contributed by atoms with Crippen LogP contribution in [0.3, 0.4) is 0 Å². The van der Waals surface area contributed by atoms with Gasteiger partial charge in [0.2, 0.25) is 5.91 Å². The van der Waals surface area contributed by atoms with Crippen molar-refractivity contribution < 1.29 is 9.59 Å². The van der Waals surface area contributed by atoms with Gasteiger partial charge in [-0.1, -0.05) is 22.0 Å². The van der Waals surface area contributed by atoms with Crippen LogP contribution in [0.25, 0.3) is 0 Å². The Kier molecular flexibility index (Phi) is 9.20. The molecule has 0 saturated heterocycles. The normalized spacial score (nSPS) is 9.37. The van der Waals surface area contributed by atoms with Crippen molar-refractivity contribution in [1.82, 2.24) is 16.0 Å². The highest BCUT2D eigenvalue weighted by Crippen LogP contribution is 2.11. The Labute approximate surface area is 127 Å². The van der Waals surface area contributed by atoms with Crippen molar-refractivity contribution in [2.75, 3.05) is 26.7 Å². The third kappa shape index (κ3) is 7.15. The summed E-state index contributed by atoms with van der Waals surface area (Å²) in [7, 11) is 1.70. The number of carbonyl (C=O) groups is 2. The number of likely N-dealkylation sites (N-methyl/N-ethyl adjacent to an activating group) is 1. The third-order valence-corrected chi connectivity index (χ3v) is 2.65. The largest absolute Gasteiger partial charge is 0.353 e. The van der Waals surface area contributed by atoms with E-state index in [1.807, 2.05) is 6.07 Å². The second-order valence-electron chi connectivity index (χ2n) is 3.65. The maximum Gasteiger partial charge on any atom is 0.251 e. The first kappa shape index (κ1) is 17.9. The molecule has 2 amide bonds. The molecule has 0 heterocycles. The number of amides is 2. The van der Waals surface area contributed by atoms with Gasteiger partial charge in [0.15, 0.2) is 0 Å². The molecule has 0 bridgehead atoms. The number of carbonyl (C=O) groups excluding carboxylic acids is 2. The van der Waals surface area contributed by atoms with Crippen LogP contribution in [-0.2, 0) is 4.79 Å². The predicted molar refractivity (Wildman–Crippen MR) is 80.7 cm³/mol. The minimum absolute atomic E-state index is 0. The summed E-state index contributed by atoms with van der Waals surface area (Å²) in [4.78, 5) is 22.8. The molecule has 5 nitrogen and oxygen atoms in total. The second-order valence-corrected chi connectivity index (χ2v) is 4.56. The van der Waals surface area contributed by atoms with Gasteiger partial charge in [0.05, 0.1) is 6.54 Å². The van der Waals surface area contributed by atoms with E-state index in [9.17, 15) is 9.59 Å². The zero-order valence-corrected chi connectivity index (χ0v) is 12.9. The maximum absolute atomic E-state index is 11.7. The van der Waals surface area contributed by atoms with Crippen molar-refractivity contribution in [3.05, 3.63) is 34.3 Å². The number of halogens is 2. The lowest BCUT2D eigenvalue weighted by molar-refractivity contribution is -0.120. The molecule has 3 N–H and O–H groups in total. The SMILES string of the molecule is CNCC(=O)NCCNC(=O)c1cccc(Br)c1.Cl. The zero-order chi connectivity index (χ0) is 13.4. The Hall–Kier alpha value is -1.11. The molecule has 0 spiro atoms. The maximum atomic E-state index is 11.7. The molecule has 0 fully saturated rings. The lowest BCUT2D eigenvalue weighted by atomic mass is 10.2. The number of benzene rings is 1. The van der Waals surface area contributed by atoms with E-state index in [1.165, 1.54) is 0 Å². The Balaban J connectivity index is 0.00000324. The predicted octanol–water partition coefficient (Wildman–Crippen LogP) is 0.936. The lowest BCUT2D eigenvalue weighted by Gasteiger charge is -2.07. The summed E-state index contributed by atoms with van der Waals surface area (Å²) < 4.78 is 0.859. The molecule has 1 aromatic carbocycles. The van der Waals surface area contributed by atoms with Gasteiger partial charge in [0.25, 0.3) is 5.91 Å². The first-order valence-corrected chi connectivity index (χ1v) is 6.38. The fraction of sp³-hybridized carbons (Fsp3) is 0.333. The van der Waals surface area contributed by atoms with Crippen LogP contribution in [0.1, 0.15) is 10.4 Å². The van der Waals surface area contributed by atoms with Gasteiger partial charge in [0, 0.05) is 23.1 Å². The molecule has 106 valence electrons. The molecule has 0 aliphatic heterocycles. The monoisotopic (exact) mass is 349 g/mol. The number of hydrogen-bond acceptors (Lipinski definition) is 3. The summed E-state index contributed by atoms with van der Waals surface area (Å²) in [5.74, 6) is -0.242. The highest BCUT2D eigenvalue weighted by atomic mass is 79.9. The van der Waals surface area contributed by atoms with Gasteiger partial charge in [-0.15, -0.1) is 12.4 Å². The van der Waals surface area contributed by atoms with Crippen LogP contribution in [0.15, 0.2) is 28.7 Å². The Morgan fingerprint density at radius 1 is 1.21 bits per heavy atom. The van der Waals surface area contributed by atoms with Gasteiger partial charge in [-0.05, 0) is 25.2 Å². The van der Waals surface area contributed by atoms with Crippen LogP contribution >= 0.6 is 28.3 Å². The summed E-state index contributed by atoms with van der Waals surface area (Å²) in [5, 5.41) is 8.15. The molecule has 0 saturated carbocycles. The molecule has 0 aliphatic carbocycles. The Morgan fingerprint density at radius 2 is 1.89 bits per heavy atom. The van der Waals surface area contributed by atoms with E-state index in [0.29, 0.717) is 18.7 Å².